The fraction of sp³-hybridized carbons (Fsp3) is 0.105. The zero-order chi connectivity index (χ0) is 22.4. The lowest BCUT2D eigenvalue weighted by molar-refractivity contribution is -0.384. The molecule has 3 heterocycles. The fourth-order valence-electron chi connectivity index (χ4n) is 3.67. The second kappa shape index (κ2) is 7.16. The molecule has 1 aliphatic rings. The zero-order valence-electron chi connectivity index (χ0n) is 16.4. The van der Waals surface area contributed by atoms with Crippen molar-refractivity contribution >= 4 is 17.3 Å². The maximum Gasteiger partial charge on any atom is 0.288 e. The Morgan fingerprint density at radius 1 is 1.22 bits per heavy atom. The van der Waals surface area contributed by atoms with Crippen LogP contribution in [-0.4, -0.2) is 47.5 Å². The lowest BCUT2D eigenvalue weighted by Gasteiger charge is -2.28. The van der Waals surface area contributed by atoms with Gasteiger partial charge in [-0.25, -0.2) is 5.10 Å². The van der Waals surface area contributed by atoms with Crippen LogP contribution in [0.3, 0.4) is 0 Å². The summed E-state index contributed by atoms with van der Waals surface area (Å²) in [4.78, 5) is 23.2. The van der Waals surface area contributed by atoms with Crippen molar-refractivity contribution in [2.45, 2.75) is 6.04 Å². The first-order valence-electron chi connectivity index (χ1n) is 9.27. The zero-order valence-corrected chi connectivity index (χ0v) is 16.4. The molecule has 0 fully saturated rings. The molecule has 2 aromatic heterocycles. The highest BCUT2D eigenvalue weighted by atomic mass is 16.6. The van der Waals surface area contributed by atoms with Gasteiger partial charge >= 0.3 is 0 Å². The first-order chi connectivity index (χ1) is 15.5. The molecule has 160 valence electrons. The summed E-state index contributed by atoms with van der Waals surface area (Å²) in [6, 6.07) is 9.82. The number of nitrogens with one attached hydrogen (secondary N) is 2. The van der Waals surface area contributed by atoms with Gasteiger partial charge in [0.1, 0.15) is 11.7 Å². The molecule has 0 aliphatic carbocycles. The number of hydrogen-bond acceptors (Lipinski definition) is 10. The van der Waals surface area contributed by atoms with Crippen molar-refractivity contribution < 1.29 is 14.8 Å². The number of aromatic nitrogens is 6. The summed E-state index contributed by atoms with van der Waals surface area (Å²) < 4.78 is 6.71. The van der Waals surface area contributed by atoms with Crippen molar-refractivity contribution in [3.63, 3.8) is 0 Å². The summed E-state index contributed by atoms with van der Waals surface area (Å²) in [7, 11) is 1.42. The smallest absolute Gasteiger partial charge is 0.288 e. The van der Waals surface area contributed by atoms with Crippen molar-refractivity contribution in [1.29, 1.82) is 0 Å². The van der Waals surface area contributed by atoms with Gasteiger partial charge in [0.25, 0.3) is 11.2 Å². The number of ether oxygens (including phenoxy) is 1. The van der Waals surface area contributed by atoms with E-state index in [0.717, 1.165) is 0 Å². The molecule has 0 spiro atoms. The van der Waals surface area contributed by atoms with Gasteiger partial charge in [-0.05, 0) is 40.3 Å². The highest BCUT2D eigenvalue weighted by Crippen LogP contribution is 2.42. The quantitative estimate of drug-likeness (QED) is 0.279. The molecule has 32 heavy (non-hydrogen) atoms. The van der Waals surface area contributed by atoms with Crippen LogP contribution in [0.2, 0.25) is 0 Å². The molecule has 5 rings (SSSR count). The molecular formula is C19H14N8O5. The Morgan fingerprint density at radius 3 is 2.72 bits per heavy atom. The number of nitro groups is 1. The van der Waals surface area contributed by atoms with Crippen molar-refractivity contribution in [1.82, 2.24) is 30.4 Å². The summed E-state index contributed by atoms with van der Waals surface area (Å²) in [5.74, 6) is 0.412. The molecule has 2 aromatic carbocycles. The number of benzene rings is 2. The number of aromatic amines is 1. The van der Waals surface area contributed by atoms with Crippen molar-refractivity contribution in [3.8, 4) is 22.8 Å². The maximum atomic E-state index is 12.7. The number of nitro benzene ring substituents is 1. The number of hydrogen-bond donors (Lipinski definition) is 3. The number of rotatable bonds is 4. The van der Waals surface area contributed by atoms with Gasteiger partial charge in [-0.15, -0.1) is 0 Å². The number of H-pyrrole nitrogens is 1. The molecule has 13 heteroatoms. The Hall–Kier alpha value is -4.81. The molecule has 3 N–H and O–H groups in total. The third-order valence-corrected chi connectivity index (χ3v) is 5.14. The van der Waals surface area contributed by atoms with Gasteiger partial charge in [0, 0.05) is 23.3 Å². The largest absolute Gasteiger partial charge is 0.504 e. The van der Waals surface area contributed by atoms with E-state index >= 15 is 0 Å². The first kappa shape index (κ1) is 19.2. The number of nitrogens with zero attached hydrogens (tertiary/aromatic N) is 6. The van der Waals surface area contributed by atoms with E-state index in [1.165, 1.54) is 30.0 Å². The van der Waals surface area contributed by atoms with E-state index in [1.807, 2.05) is 0 Å². The molecule has 0 amide bonds. The van der Waals surface area contributed by atoms with E-state index < -0.39 is 16.5 Å². The molecule has 0 bridgehead atoms. The number of non-ortho nitro benzene ring substituents is 1. The summed E-state index contributed by atoms with van der Waals surface area (Å²) in [5.41, 5.74) is 1.61. The normalized spacial score (nSPS) is 14.2. The van der Waals surface area contributed by atoms with Crippen LogP contribution in [0.5, 0.6) is 11.5 Å². The van der Waals surface area contributed by atoms with E-state index in [9.17, 15) is 20.0 Å². The van der Waals surface area contributed by atoms with Gasteiger partial charge in [0.15, 0.2) is 11.5 Å². The van der Waals surface area contributed by atoms with Gasteiger partial charge in [-0.2, -0.15) is 9.78 Å². The average molecular weight is 434 g/mol. The molecular weight excluding hydrogens is 420 g/mol. The van der Waals surface area contributed by atoms with E-state index in [4.69, 9.17) is 4.74 Å². The molecule has 0 radical (unpaired) electrons. The van der Waals surface area contributed by atoms with Crippen LogP contribution in [0.1, 0.15) is 17.2 Å². The second-order valence-electron chi connectivity index (χ2n) is 6.90. The second-order valence-corrected chi connectivity index (χ2v) is 6.90. The van der Waals surface area contributed by atoms with Crippen molar-refractivity contribution in [2.24, 2.45) is 0 Å². The Balaban J connectivity index is 1.77. The average Bonchev–Trinajstić information content (AvgIpc) is 3.27. The summed E-state index contributed by atoms with van der Waals surface area (Å²) in [6.07, 6.45) is 0. The van der Waals surface area contributed by atoms with Crippen molar-refractivity contribution in [2.75, 3.05) is 12.4 Å². The summed E-state index contributed by atoms with van der Waals surface area (Å²) >= 11 is 0. The van der Waals surface area contributed by atoms with Gasteiger partial charge < -0.3 is 15.2 Å². The highest BCUT2D eigenvalue weighted by molar-refractivity contribution is 5.76. The minimum absolute atomic E-state index is 0.0537. The van der Waals surface area contributed by atoms with E-state index in [0.29, 0.717) is 22.4 Å². The fourth-order valence-corrected chi connectivity index (χ4v) is 3.67. The molecule has 4 aromatic rings. The van der Waals surface area contributed by atoms with Gasteiger partial charge in [-0.1, -0.05) is 11.2 Å². The minimum Gasteiger partial charge on any atom is -0.504 e. The molecule has 0 unspecified atom stereocenters. The standard InChI is InChI=1S/C19H14N8O5/c1-32-13-8-10(4-7-12(13)28)17-14-15(9-2-5-11(6-3-9)27(30)31)21-22-18(29)16(14)20-19-23-24-25-26(17)19/h2-8,17,28H,1H3,(H,22,29)(H,20,23,25)/t17-/m0/s1. The molecule has 13 nitrogen and oxygen atoms in total. The number of aromatic hydroxyl groups is 1. The number of fused-ring (bicyclic) bond motifs is 2. The number of anilines is 2. The monoisotopic (exact) mass is 434 g/mol. The number of tetrazole rings is 1. The molecule has 0 saturated carbocycles. The van der Waals surface area contributed by atoms with Crippen molar-refractivity contribution in [3.05, 3.63) is 74.1 Å². The van der Waals surface area contributed by atoms with Crippen LogP contribution >= 0.6 is 0 Å². The first-order valence-corrected chi connectivity index (χ1v) is 9.27. The van der Waals surface area contributed by atoms with Crippen LogP contribution in [0.25, 0.3) is 11.3 Å². The van der Waals surface area contributed by atoms with Gasteiger partial charge in [0.2, 0.25) is 5.95 Å². The van der Waals surface area contributed by atoms with Gasteiger partial charge in [0.05, 0.1) is 17.7 Å². The minimum atomic E-state index is -0.703. The Morgan fingerprint density at radius 2 is 2.00 bits per heavy atom. The number of phenols is 1. The Kier molecular flexibility index (Phi) is 4.29. The molecule has 1 aliphatic heterocycles. The predicted molar refractivity (Wildman–Crippen MR) is 110 cm³/mol. The third kappa shape index (κ3) is 2.91. The molecule has 0 saturated heterocycles. The van der Waals surface area contributed by atoms with E-state index in [2.05, 4.69) is 31.0 Å². The predicted octanol–water partition coefficient (Wildman–Crippen LogP) is 1.74. The Labute approximate surface area is 178 Å². The summed E-state index contributed by atoms with van der Waals surface area (Å²) in [6.45, 7) is 0. The third-order valence-electron chi connectivity index (χ3n) is 5.14. The Bertz CT molecular complexity index is 1410. The highest BCUT2D eigenvalue weighted by Gasteiger charge is 2.34. The molecule has 1 atom stereocenters. The van der Waals surface area contributed by atoms with Gasteiger partial charge in [-0.3, -0.25) is 14.9 Å². The maximum absolute atomic E-state index is 12.7. The van der Waals surface area contributed by atoms with Crippen LogP contribution in [0.15, 0.2) is 47.3 Å². The lowest BCUT2D eigenvalue weighted by atomic mass is 9.92. The lowest BCUT2D eigenvalue weighted by Crippen LogP contribution is -2.29. The SMILES string of the molecule is COc1cc([C@H]2c3c(-c4ccc([N+](=O)[O-])cc4)n[nH]c(=O)c3Nc3nnnn32)ccc1O. The van der Waals surface area contributed by atoms with Crippen LogP contribution in [0, 0.1) is 10.1 Å². The van der Waals surface area contributed by atoms with Crippen LogP contribution < -0.4 is 15.6 Å². The number of phenolic OH excluding ortho intramolecular Hbond substituents is 1. The summed E-state index contributed by atoms with van der Waals surface area (Å²) in [5, 5.41) is 42.3. The van der Waals surface area contributed by atoms with Crippen LogP contribution in [0.4, 0.5) is 17.3 Å². The number of methoxy groups -OCH3 is 1. The van der Waals surface area contributed by atoms with E-state index in [-0.39, 0.29) is 28.8 Å². The van der Waals surface area contributed by atoms with E-state index in [1.54, 1.807) is 24.3 Å². The topological polar surface area (TPSA) is 174 Å². The van der Waals surface area contributed by atoms with Crippen LogP contribution in [-0.2, 0) is 0 Å².